The smallest absolute Gasteiger partial charge is 0.394 e. The molecule has 0 spiro atoms. The fourth-order valence-corrected chi connectivity index (χ4v) is 12.1. The zero-order valence-electron chi connectivity index (χ0n) is 37.4. The van der Waals surface area contributed by atoms with Crippen molar-refractivity contribution in [2.75, 3.05) is 49.5 Å². The highest BCUT2D eigenvalue weighted by molar-refractivity contribution is 7.90. The molecule has 2 aromatic heterocycles. The summed E-state index contributed by atoms with van der Waals surface area (Å²) in [6, 6.07) is 12.1. The van der Waals surface area contributed by atoms with Gasteiger partial charge in [-0.1, -0.05) is 38.8 Å². The number of nitrogens with one attached hydrogen (secondary N) is 3. The zero-order chi connectivity index (χ0) is 46.2. The van der Waals surface area contributed by atoms with Gasteiger partial charge in [0.15, 0.2) is 0 Å². The monoisotopic (exact) mass is 917 g/mol. The van der Waals surface area contributed by atoms with E-state index in [1.807, 2.05) is 6.07 Å². The number of carbonyl (C=O) groups is 1. The van der Waals surface area contributed by atoms with Gasteiger partial charge in [-0.3, -0.25) is 19.8 Å². The number of halogens is 3. The second-order valence-corrected chi connectivity index (χ2v) is 22.7. The van der Waals surface area contributed by atoms with Crippen molar-refractivity contribution in [1.29, 1.82) is 0 Å². The number of sulfonamides is 1. The van der Waals surface area contributed by atoms with E-state index in [1.54, 1.807) is 24.4 Å². The normalized spacial score (nSPS) is 24.6. The molecule has 5 fully saturated rings. The lowest BCUT2D eigenvalue weighted by molar-refractivity contribution is -0.384. The summed E-state index contributed by atoms with van der Waals surface area (Å²) in [5.74, 6) is -0.243. The average molecular weight is 918 g/mol. The predicted molar refractivity (Wildman–Crippen MR) is 243 cm³/mol. The minimum Gasteiger partial charge on any atom is -0.455 e. The van der Waals surface area contributed by atoms with Gasteiger partial charge in [-0.25, -0.2) is 18.1 Å². The third kappa shape index (κ3) is 8.94. The van der Waals surface area contributed by atoms with E-state index >= 15 is 0 Å². The third-order valence-electron chi connectivity index (χ3n) is 15.2. The summed E-state index contributed by atoms with van der Waals surface area (Å²) < 4.78 is 77.4. The molecular formula is C48H58F3N7O6S. The summed E-state index contributed by atoms with van der Waals surface area (Å²) in [5.41, 5.74) is 2.22. The first kappa shape index (κ1) is 45.0. The Hall–Kier alpha value is -5.16. The molecule has 5 aliphatic carbocycles. The molecule has 0 unspecified atom stereocenters. The van der Waals surface area contributed by atoms with E-state index in [4.69, 9.17) is 4.74 Å². The van der Waals surface area contributed by atoms with Crippen LogP contribution in [0, 0.1) is 37.7 Å². The number of piperazine rings is 1. The molecule has 3 heterocycles. The van der Waals surface area contributed by atoms with Crippen LogP contribution < -0.4 is 19.7 Å². The van der Waals surface area contributed by atoms with Gasteiger partial charge in [-0.15, -0.1) is 0 Å². The lowest BCUT2D eigenvalue weighted by atomic mass is 9.31. The number of anilines is 2. The van der Waals surface area contributed by atoms with Gasteiger partial charge in [0, 0.05) is 68.7 Å². The van der Waals surface area contributed by atoms with Crippen LogP contribution in [0.25, 0.3) is 11.0 Å². The average Bonchev–Trinajstić information content (AvgIpc) is 3.68. The third-order valence-corrected chi connectivity index (χ3v) is 16.5. The number of rotatable bonds is 13. The number of fused-ring (bicyclic) bond motifs is 1. The van der Waals surface area contributed by atoms with Crippen LogP contribution in [-0.2, 0) is 10.0 Å². The van der Waals surface area contributed by atoms with Crippen molar-refractivity contribution in [3.8, 4) is 11.5 Å². The SMILES string of the molecule is CC1(C)CCC(CNc2ccc(S(=O)(=O)NC(=O)c3ccc(N4CCN(CC5=C(C67CC(C(F)(F)F)(C6)C7)CC(C)(C)CC5)CC4)cc3Oc3cnc4[nH]ccc4c3)cc2[N+](=O)[O-])CC1. The lowest BCUT2D eigenvalue weighted by Crippen LogP contribution is -2.69. The Morgan fingerprint density at radius 3 is 2.38 bits per heavy atom. The molecule has 0 radical (unpaired) electrons. The number of pyridine rings is 1. The summed E-state index contributed by atoms with van der Waals surface area (Å²) in [5, 5.41) is 16.1. The standard InChI is InChI=1S/C48H58F3N7O6S/c1-44(2)13-9-31(10-14-44)25-53-39-8-6-36(23-40(39)58(60)61)65(62,63)55-43(59)37-7-5-34(22-41(37)64-35-21-32-12-16-52-42(32)54-26-35)57-19-17-56(18-20-57)27-33-11-15-45(3,4)24-38(33)46-28-47(29-46,30-46)48(49,50)51/h5-8,12,16,21-23,26,31,53H,9-11,13-15,17-20,24-25,27-30H2,1-4H3,(H,52,54)(H,55,59). The Balaban J connectivity index is 0.908. The molecule has 348 valence electrons. The van der Waals surface area contributed by atoms with E-state index in [0.717, 1.165) is 68.6 Å². The van der Waals surface area contributed by atoms with Gasteiger partial charge in [0.25, 0.3) is 21.6 Å². The largest absolute Gasteiger partial charge is 0.455 e. The molecule has 1 saturated heterocycles. The Labute approximate surface area is 377 Å². The maximum absolute atomic E-state index is 14.0. The number of amides is 1. The number of aromatic nitrogens is 2. The number of aromatic amines is 1. The number of H-pyrrole nitrogens is 1. The van der Waals surface area contributed by atoms with E-state index in [-0.39, 0.29) is 52.5 Å². The number of hydrogen-bond acceptors (Lipinski definition) is 10. The number of alkyl halides is 3. The summed E-state index contributed by atoms with van der Waals surface area (Å²) >= 11 is 0. The van der Waals surface area contributed by atoms with E-state index in [0.29, 0.717) is 50.0 Å². The molecule has 65 heavy (non-hydrogen) atoms. The van der Waals surface area contributed by atoms with Crippen LogP contribution >= 0.6 is 0 Å². The predicted octanol–water partition coefficient (Wildman–Crippen LogP) is 10.4. The van der Waals surface area contributed by atoms with Gasteiger partial charge < -0.3 is 19.9 Å². The van der Waals surface area contributed by atoms with Crippen LogP contribution in [0.4, 0.5) is 30.2 Å². The van der Waals surface area contributed by atoms with Crippen LogP contribution in [0.2, 0.25) is 0 Å². The fraction of sp³-hybridized carbons (Fsp3) is 0.542. The van der Waals surface area contributed by atoms with Crippen LogP contribution in [0.3, 0.4) is 0 Å². The quantitative estimate of drug-likeness (QED) is 0.0668. The van der Waals surface area contributed by atoms with Crippen molar-refractivity contribution >= 4 is 44.0 Å². The topological polar surface area (TPSA) is 163 Å². The molecule has 6 aliphatic rings. The fourth-order valence-electron chi connectivity index (χ4n) is 11.1. The number of carbonyl (C=O) groups excluding carboxylic acids is 1. The van der Waals surface area contributed by atoms with Gasteiger partial charge in [0.1, 0.15) is 22.8 Å². The highest BCUT2D eigenvalue weighted by Crippen LogP contribution is 2.82. The molecule has 1 aliphatic heterocycles. The number of ether oxygens (including phenoxy) is 1. The number of allylic oxidation sites excluding steroid dienone is 1. The Morgan fingerprint density at radius 1 is 0.969 bits per heavy atom. The van der Waals surface area contributed by atoms with Gasteiger partial charge in [-0.2, -0.15) is 13.2 Å². The van der Waals surface area contributed by atoms with E-state index < -0.39 is 43.0 Å². The molecule has 17 heteroatoms. The number of nitro benzene ring substituents is 1. The van der Waals surface area contributed by atoms with E-state index in [9.17, 15) is 36.5 Å². The van der Waals surface area contributed by atoms with Gasteiger partial charge >= 0.3 is 6.18 Å². The van der Waals surface area contributed by atoms with Crippen molar-refractivity contribution in [2.24, 2.45) is 27.6 Å². The zero-order valence-corrected chi connectivity index (χ0v) is 38.3. The first-order valence-electron chi connectivity index (χ1n) is 22.7. The Kier molecular flexibility index (Phi) is 11.3. The lowest BCUT2D eigenvalue weighted by Gasteiger charge is -2.72. The number of nitrogens with zero attached hydrogens (tertiary/aromatic N) is 4. The molecule has 3 N–H and O–H groups in total. The van der Waals surface area contributed by atoms with E-state index in [2.05, 4.69) is 57.5 Å². The maximum Gasteiger partial charge on any atom is 0.394 e. The summed E-state index contributed by atoms with van der Waals surface area (Å²) in [6.07, 6.45) is 6.61. The number of hydrogen-bond donors (Lipinski definition) is 3. The highest BCUT2D eigenvalue weighted by atomic mass is 32.2. The summed E-state index contributed by atoms with van der Waals surface area (Å²) in [7, 11) is -4.59. The summed E-state index contributed by atoms with van der Waals surface area (Å²) in [4.78, 5) is 37.0. The Bertz CT molecular complexity index is 2640. The minimum absolute atomic E-state index is 0.0602. The van der Waals surface area contributed by atoms with Crippen LogP contribution in [0.5, 0.6) is 11.5 Å². The first-order valence-corrected chi connectivity index (χ1v) is 24.2. The van der Waals surface area contributed by atoms with Crippen LogP contribution in [0.15, 0.2) is 77.0 Å². The molecule has 4 saturated carbocycles. The molecule has 2 bridgehead atoms. The Morgan fingerprint density at radius 2 is 1.69 bits per heavy atom. The van der Waals surface area contributed by atoms with Gasteiger partial charge in [-0.05, 0) is 123 Å². The van der Waals surface area contributed by atoms with Gasteiger partial charge in [0.05, 0.1) is 27.0 Å². The van der Waals surface area contributed by atoms with Crippen LogP contribution in [-0.4, -0.2) is 79.6 Å². The van der Waals surface area contributed by atoms with E-state index in [1.165, 1.54) is 35.5 Å². The molecule has 2 aromatic carbocycles. The van der Waals surface area contributed by atoms with Crippen molar-refractivity contribution in [2.45, 2.75) is 103 Å². The van der Waals surface area contributed by atoms with Crippen molar-refractivity contribution in [1.82, 2.24) is 19.6 Å². The second kappa shape index (κ2) is 16.3. The summed E-state index contributed by atoms with van der Waals surface area (Å²) in [6.45, 7) is 12.9. The molecule has 0 atom stereocenters. The number of nitro groups is 1. The maximum atomic E-state index is 14.0. The van der Waals surface area contributed by atoms with Crippen molar-refractivity contribution < 1.29 is 36.0 Å². The molecule has 4 aromatic rings. The molecule has 10 rings (SSSR count). The van der Waals surface area contributed by atoms with Crippen molar-refractivity contribution in [3.05, 3.63) is 87.7 Å². The second-order valence-electron chi connectivity index (χ2n) is 21.0. The number of benzene rings is 2. The molecular weight excluding hydrogens is 860 g/mol. The molecule has 13 nitrogen and oxygen atoms in total. The highest BCUT2D eigenvalue weighted by Gasteiger charge is 2.79. The van der Waals surface area contributed by atoms with Gasteiger partial charge in [0.2, 0.25) is 0 Å². The van der Waals surface area contributed by atoms with Crippen LogP contribution in [0.1, 0.15) is 102 Å². The van der Waals surface area contributed by atoms with Crippen molar-refractivity contribution in [3.63, 3.8) is 0 Å². The first-order chi connectivity index (χ1) is 30.6. The minimum atomic E-state index is -4.59. The molecule has 1 amide bonds.